The Labute approximate surface area is 112 Å². The maximum absolute atomic E-state index is 10.5. The molecule has 106 valence electrons. The Morgan fingerprint density at radius 3 is 2.44 bits per heavy atom. The molecule has 18 heavy (non-hydrogen) atoms. The number of rotatable bonds is 3. The summed E-state index contributed by atoms with van der Waals surface area (Å²) in [6.07, 6.45) is 4.62. The van der Waals surface area contributed by atoms with Gasteiger partial charge < -0.3 is 10.2 Å². The molecule has 2 nitrogen and oxygen atoms in total. The molecule has 0 spiro atoms. The summed E-state index contributed by atoms with van der Waals surface area (Å²) in [5.41, 5.74) is 0.153. The second kappa shape index (κ2) is 5.13. The summed E-state index contributed by atoms with van der Waals surface area (Å²) < 4.78 is 0. The largest absolute Gasteiger partial charge is 0.393 e. The van der Waals surface area contributed by atoms with E-state index < -0.39 is 0 Å². The van der Waals surface area contributed by atoms with E-state index in [2.05, 4.69) is 27.7 Å². The van der Waals surface area contributed by atoms with Gasteiger partial charge in [0.25, 0.3) is 0 Å². The minimum absolute atomic E-state index is 0.153. The summed E-state index contributed by atoms with van der Waals surface area (Å²) in [5, 5.41) is 20.5. The molecule has 0 aromatic rings. The van der Waals surface area contributed by atoms with Crippen molar-refractivity contribution in [1.82, 2.24) is 0 Å². The summed E-state index contributed by atoms with van der Waals surface area (Å²) in [6, 6.07) is 0. The van der Waals surface area contributed by atoms with Crippen LogP contribution in [0.2, 0.25) is 0 Å². The minimum Gasteiger partial charge on any atom is -0.393 e. The van der Waals surface area contributed by atoms with Crippen LogP contribution in [0, 0.1) is 29.1 Å². The van der Waals surface area contributed by atoms with Crippen molar-refractivity contribution in [3.8, 4) is 0 Å². The summed E-state index contributed by atoms with van der Waals surface area (Å²) in [5.74, 6) is 2.29. The van der Waals surface area contributed by atoms with Gasteiger partial charge >= 0.3 is 0 Å². The van der Waals surface area contributed by atoms with E-state index in [0.717, 1.165) is 19.3 Å². The highest BCUT2D eigenvalue weighted by molar-refractivity contribution is 5.05. The topological polar surface area (TPSA) is 40.5 Å². The van der Waals surface area contributed by atoms with Crippen LogP contribution in [0.4, 0.5) is 0 Å². The molecule has 6 unspecified atom stereocenters. The highest BCUT2D eigenvalue weighted by Gasteiger charge is 2.56. The molecule has 2 aliphatic carbocycles. The zero-order chi connectivity index (χ0) is 13.5. The van der Waals surface area contributed by atoms with Crippen molar-refractivity contribution in [2.45, 2.75) is 72.0 Å². The molecule has 2 rings (SSSR count). The molecule has 2 saturated carbocycles. The second-order valence-electron chi connectivity index (χ2n) is 7.07. The summed E-state index contributed by atoms with van der Waals surface area (Å²) in [7, 11) is 0. The van der Waals surface area contributed by atoms with Gasteiger partial charge in [0.05, 0.1) is 12.2 Å². The van der Waals surface area contributed by atoms with Crippen LogP contribution in [0.25, 0.3) is 0 Å². The molecule has 0 aromatic heterocycles. The molecule has 0 amide bonds. The third-order valence-electron chi connectivity index (χ3n) is 6.21. The predicted octanol–water partition coefficient (Wildman–Crippen LogP) is 3.22. The maximum Gasteiger partial charge on any atom is 0.0577 e. The predicted molar refractivity (Wildman–Crippen MR) is 74.2 cm³/mol. The van der Waals surface area contributed by atoms with Crippen LogP contribution in [-0.4, -0.2) is 22.4 Å². The Bertz CT molecular complexity index is 291. The van der Waals surface area contributed by atoms with Gasteiger partial charge in [-0.25, -0.2) is 0 Å². The Kier molecular flexibility index (Phi) is 4.08. The molecule has 2 heteroatoms. The Balaban J connectivity index is 2.28. The average Bonchev–Trinajstić information content (AvgIpc) is 2.64. The first-order valence-corrected chi connectivity index (χ1v) is 7.80. The molecule has 0 saturated heterocycles. The summed E-state index contributed by atoms with van der Waals surface area (Å²) in [6.45, 7) is 9.18. The lowest BCUT2D eigenvalue weighted by Gasteiger charge is -2.52. The normalized spacial score (nSPS) is 50.0. The summed E-state index contributed by atoms with van der Waals surface area (Å²) >= 11 is 0. The fourth-order valence-electron chi connectivity index (χ4n) is 5.12. The van der Waals surface area contributed by atoms with E-state index in [0.29, 0.717) is 23.7 Å². The first-order chi connectivity index (χ1) is 8.43. The standard InChI is InChI=1S/C16H30O2/c1-5-10(3)12-8-15(18)14-7-11(17)9-16(14,4)13(12)6-2/h10-15,17-18H,5-9H2,1-4H3/t10?,11?,12?,13?,14?,15?,16-/m1/s1. The van der Waals surface area contributed by atoms with Gasteiger partial charge in [0.2, 0.25) is 0 Å². The van der Waals surface area contributed by atoms with Crippen molar-refractivity contribution in [3.05, 3.63) is 0 Å². The van der Waals surface area contributed by atoms with Crippen LogP contribution < -0.4 is 0 Å². The molecule has 7 atom stereocenters. The lowest BCUT2D eigenvalue weighted by Crippen LogP contribution is -2.49. The number of hydrogen-bond acceptors (Lipinski definition) is 2. The zero-order valence-electron chi connectivity index (χ0n) is 12.4. The maximum atomic E-state index is 10.5. The number of hydrogen-bond donors (Lipinski definition) is 2. The van der Waals surface area contributed by atoms with E-state index in [-0.39, 0.29) is 17.6 Å². The summed E-state index contributed by atoms with van der Waals surface area (Å²) in [4.78, 5) is 0. The first kappa shape index (κ1) is 14.3. The van der Waals surface area contributed by atoms with Gasteiger partial charge in [0, 0.05) is 0 Å². The van der Waals surface area contributed by atoms with E-state index in [1.54, 1.807) is 0 Å². The molecule has 0 aliphatic heterocycles. The van der Waals surface area contributed by atoms with Crippen molar-refractivity contribution in [2.24, 2.45) is 29.1 Å². The monoisotopic (exact) mass is 254 g/mol. The quantitative estimate of drug-likeness (QED) is 0.812. The highest BCUT2D eigenvalue weighted by Crippen LogP contribution is 2.59. The van der Waals surface area contributed by atoms with Crippen LogP contribution in [0.1, 0.15) is 59.8 Å². The van der Waals surface area contributed by atoms with Gasteiger partial charge in [-0.05, 0) is 48.3 Å². The van der Waals surface area contributed by atoms with Crippen molar-refractivity contribution < 1.29 is 10.2 Å². The molecule has 0 radical (unpaired) electrons. The fraction of sp³-hybridized carbons (Fsp3) is 1.00. The van der Waals surface area contributed by atoms with E-state index in [4.69, 9.17) is 0 Å². The van der Waals surface area contributed by atoms with E-state index >= 15 is 0 Å². The third kappa shape index (κ3) is 2.12. The van der Waals surface area contributed by atoms with Crippen LogP contribution in [0.15, 0.2) is 0 Å². The molecule has 0 bridgehead atoms. The average molecular weight is 254 g/mol. The number of aliphatic hydroxyl groups is 2. The van der Waals surface area contributed by atoms with Crippen molar-refractivity contribution in [2.75, 3.05) is 0 Å². The van der Waals surface area contributed by atoms with E-state index in [9.17, 15) is 10.2 Å². The molecule has 2 N–H and O–H groups in total. The fourth-order valence-corrected chi connectivity index (χ4v) is 5.12. The Morgan fingerprint density at radius 2 is 1.89 bits per heavy atom. The lowest BCUT2D eigenvalue weighted by molar-refractivity contribution is -0.0863. The van der Waals surface area contributed by atoms with Crippen molar-refractivity contribution in [3.63, 3.8) is 0 Å². The van der Waals surface area contributed by atoms with Gasteiger partial charge in [0.1, 0.15) is 0 Å². The van der Waals surface area contributed by atoms with E-state index in [1.807, 2.05) is 0 Å². The molecular weight excluding hydrogens is 224 g/mol. The molecule has 2 aliphatic rings. The zero-order valence-corrected chi connectivity index (χ0v) is 12.4. The molecular formula is C16H30O2. The Morgan fingerprint density at radius 1 is 1.22 bits per heavy atom. The highest BCUT2D eigenvalue weighted by atomic mass is 16.3. The second-order valence-corrected chi connectivity index (χ2v) is 7.07. The SMILES string of the molecule is CCC(C)C1CC(O)C2CC(O)C[C@]2(C)C1CC. The minimum atomic E-state index is -0.200. The van der Waals surface area contributed by atoms with Gasteiger partial charge in [-0.3, -0.25) is 0 Å². The van der Waals surface area contributed by atoms with E-state index in [1.165, 1.54) is 12.8 Å². The van der Waals surface area contributed by atoms with Crippen molar-refractivity contribution >= 4 is 0 Å². The van der Waals surface area contributed by atoms with Crippen LogP contribution in [0.3, 0.4) is 0 Å². The molecule has 0 aromatic carbocycles. The number of fused-ring (bicyclic) bond motifs is 1. The van der Waals surface area contributed by atoms with Crippen LogP contribution in [0.5, 0.6) is 0 Å². The van der Waals surface area contributed by atoms with Crippen molar-refractivity contribution in [1.29, 1.82) is 0 Å². The van der Waals surface area contributed by atoms with Crippen LogP contribution >= 0.6 is 0 Å². The molecule has 2 fully saturated rings. The third-order valence-corrected chi connectivity index (χ3v) is 6.21. The van der Waals surface area contributed by atoms with Gasteiger partial charge in [-0.2, -0.15) is 0 Å². The van der Waals surface area contributed by atoms with Gasteiger partial charge in [-0.1, -0.05) is 40.5 Å². The Hall–Kier alpha value is -0.0800. The first-order valence-electron chi connectivity index (χ1n) is 7.80. The van der Waals surface area contributed by atoms with Gasteiger partial charge in [-0.15, -0.1) is 0 Å². The smallest absolute Gasteiger partial charge is 0.0577 e. The van der Waals surface area contributed by atoms with Crippen LogP contribution in [-0.2, 0) is 0 Å². The lowest BCUT2D eigenvalue weighted by atomic mass is 9.54. The van der Waals surface area contributed by atoms with Gasteiger partial charge in [0.15, 0.2) is 0 Å². The number of aliphatic hydroxyl groups excluding tert-OH is 2. The molecule has 0 heterocycles.